The predicted molar refractivity (Wildman–Crippen MR) is 31.5 cm³/mol. The first-order chi connectivity index (χ1) is 2.91. The van der Waals surface area contributed by atoms with E-state index >= 15 is 0 Å². The summed E-state index contributed by atoms with van der Waals surface area (Å²) in [6.45, 7) is 0. The molecule has 42 valence electrons. The van der Waals surface area contributed by atoms with E-state index in [0.717, 1.165) is 0 Å². The molecule has 1 rings (SSSR count). The van der Waals surface area contributed by atoms with Gasteiger partial charge in [-0.25, -0.2) is 10.8 Å². The van der Waals surface area contributed by atoms with Crippen LogP contribution >= 0.6 is 12.4 Å². The zero-order chi connectivity index (χ0) is 4.83. The highest BCUT2D eigenvalue weighted by Crippen LogP contribution is 2.14. The third kappa shape index (κ3) is 170. The fraction of sp³-hybridized carbons (Fsp3) is 0.750. The first-order valence-electron chi connectivity index (χ1n) is 2.00. The molecule has 3 heteroatoms. The van der Waals surface area contributed by atoms with E-state index in [1.807, 2.05) is 0 Å². The molecule has 1 aliphatic rings. The van der Waals surface area contributed by atoms with Crippen molar-refractivity contribution in [3.63, 3.8) is 0 Å². The lowest BCUT2D eigenvalue weighted by molar-refractivity contribution is 1.47. The highest BCUT2D eigenvalue weighted by atomic mass is 35.5. The normalized spacial score (nSPS) is 11.4. The van der Waals surface area contributed by atoms with Gasteiger partial charge in [-0.3, -0.25) is 0 Å². The van der Waals surface area contributed by atoms with Gasteiger partial charge in [-0.1, -0.05) is 19.3 Å². The molecule has 1 aliphatic carbocycles. The van der Waals surface area contributed by atoms with E-state index in [9.17, 15) is 0 Å². The smallest absolute Gasteiger partial charge is 0.0831 e. The monoisotopic (exact) mass is 120 g/mol. The summed E-state index contributed by atoms with van der Waals surface area (Å²) < 4.78 is 0. The zero-order valence-electron chi connectivity index (χ0n) is 4.03. The highest BCUT2D eigenvalue weighted by Gasteiger charge is 1.95. The van der Waals surface area contributed by atoms with Gasteiger partial charge >= 0.3 is 0 Å². The van der Waals surface area contributed by atoms with Crippen molar-refractivity contribution in [3.8, 4) is 0 Å². The maximum Gasteiger partial charge on any atom is 0.0831 e. The van der Waals surface area contributed by atoms with Gasteiger partial charge in [-0.15, -0.1) is 12.4 Å². The van der Waals surface area contributed by atoms with E-state index in [4.69, 9.17) is 10.8 Å². The van der Waals surface area contributed by atoms with Gasteiger partial charge < -0.3 is 0 Å². The van der Waals surface area contributed by atoms with Gasteiger partial charge in [0.25, 0.3) is 0 Å². The molecular formula is C4H9ClN2. The Morgan fingerprint density at radius 3 is 1.14 bits per heavy atom. The van der Waals surface area contributed by atoms with E-state index in [2.05, 4.69) is 0 Å². The van der Waals surface area contributed by atoms with Crippen LogP contribution in [0, 0.1) is 10.8 Å². The highest BCUT2D eigenvalue weighted by molar-refractivity contribution is 5.85. The van der Waals surface area contributed by atoms with Crippen molar-refractivity contribution in [1.29, 1.82) is 10.8 Å². The van der Waals surface area contributed by atoms with Crippen LogP contribution in [0.5, 0.6) is 0 Å². The van der Waals surface area contributed by atoms with E-state index in [0.29, 0.717) is 0 Å². The van der Waals surface area contributed by atoms with Crippen LogP contribution in [0.15, 0.2) is 0 Å². The lowest BCUT2D eigenvalue weighted by atomic mass is 11.0. The fourth-order valence-corrected chi connectivity index (χ4v) is 0. The van der Waals surface area contributed by atoms with E-state index in [1.54, 1.807) is 0 Å². The molecule has 0 saturated heterocycles. The van der Waals surface area contributed by atoms with Crippen molar-refractivity contribution in [3.05, 3.63) is 0 Å². The van der Waals surface area contributed by atoms with Gasteiger partial charge in [0.1, 0.15) is 0 Å². The Morgan fingerprint density at radius 2 is 1.14 bits per heavy atom. The molecule has 0 bridgehead atoms. The summed E-state index contributed by atoms with van der Waals surface area (Å²) in [5.74, 6) is 0. The minimum absolute atomic E-state index is 0. The summed E-state index contributed by atoms with van der Waals surface area (Å²) >= 11 is 0. The second-order valence-corrected chi connectivity index (χ2v) is 1.19. The molecule has 1 fully saturated rings. The number of hydrogen-bond acceptors (Lipinski definition) is 2. The molecule has 0 radical (unpaired) electrons. The maximum atomic E-state index is 5.62. The van der Waals surface area contributed by atoms with Crippen molar-refractivity contribution in [2.75, 3.05) is 0 Å². The van der Waals surface area contributed by atoms with Crippen molar-refractivity contribution >= 4 is 18.4 Å². The summed E-state index contributed by atoms with van der Waals surface area (Å²) in [5, 5.41) is 11.2. The van der Waals surface area contributed by atoms with Crippen LogP contribution in [0.4, 0.5) is 0 Å². The minimum Gasteiger partial charge on any atom is -0.242 e. The third-order valence-corrected chi connectivity index (χ3v) is 0.354. The SMILES string of the molecule is C1CC1.Cl.N=C=N. The Balaban J connectivity index is 0. The molecule has 0 spiro atoms. The summed E-state index contributed by atoms with van der Waals surface area (Å²) in [6.07, 6.45) is 4.50. The molecule has 0 aromatic heterocycles. The third-order valence-electron chi connectivity index (χ3n) is 0.354. The van der Waals surface area contributed by atoms with Crippen molar-refractivity contribution in [2.45, 2.75) is 19.3 Å². The zero-order valence-corrected chi connectivity index (χ0v) is 4.85. The number of rotatable bonds is 0. The summed E-state index contributed by atoms with van der Waals surface area (Å²) in [5.41, 5.74) is 0. The first kappa shape index (κ1) is 9.83. The van der Waals surface area contributed by atoms with Crippen molar-refractivity contribution in [1.82, 2.24) is 0 Å². The maximum absolute atomic E-state index is 5.62. The molecule has 1 saturated carbocycles. The van der Waals surface area contributed by atoms with Gasteiger partial charge in [0.2, 0.25) is 0 Å². The summed E-state index contributed by atoms with van der Waals surface area (Å²) in [6, 6.07) is 1.25. The number of halogens is 1. The lowest BCUT2D eigenvalue weighted by Gasteiger charge is -1.09. The first-order valence-corrected chi connectivity index (χ1v) is 2.00. The molecular weight excluding hydrogens is 112 g/mol. The molecule has 0 aromatic rings. The van der Waals surface area contributed by atoms with Crippen LogP contribution in [-0.2, 0) is 0 Å². The molecule has 0 amide bonds. The molecule has 0 unspecified atom stereocenters. The minimum atomic E-state index is 0. The van der Waals surface area contributed by atoms with E-state index in [1.165, 1.54) is 25.3 Å². The molecule has 2 nitrogen and oxygen atoms in total. The molecule has 0 aliphatic heterocycles. The Kier molecular flexibility index (Phi) is 12.9. The van der Waals surface area contributed by atoms with Gasteiger partial charge in [-0.2, -0.15) is 0 Å². The molecule has 0 heterocycles. The lowest BCUT2D eigenvalue weighted by Crippen LogP contribution is -1.11. The van der Waals surface area contributed by atoms with Crippen LogP contribution in [0.1, 0.15) is 19.3 Å². The van der Waals surface area contributed by atoms with Crippen LogP contribution < -0.4 is 0 Å². The second kappa shape index (κ2) is 9.18. The second-order valence-electron chi connectivity index (χ2n) is 1.19. The average Bonchev–Trinajstić information content (AvgIpc) is 2.11. The Hall–Kier alpha value is -0.330. The summed E-state index contributed by atoms with van der Waals surface area (Å²) in [4.78, 5) is 0. The fourth-order valence-electron chi connectivity index (χ4n) is 0. The van der Waals surface area contributed by atoms with Crippen LogP contribution in [-0.4, -0.2) is 6.01 Å². The predicted octanol–water partition coefficient (Wildman–Crippen LogP) is 1.91. The average molecular weight is 121 g/mol. The standard InChI is InChI=1S/C3H6.CH2N2.ClH/c1-2-3-1;2-1-3;/h1-3H2;2-3H;1H. The Bertz CT molecular complexity index is 52.0. The van der Waals surface area contributed by atoms with Crippen LogP contribution in [0.25, 0.3) is 0 Å². The summed E-state index contributed by atoms with van der Waals surface area (Å²) in [7, 11) is 0. The van der Waals surface area contributed by atoms with Crippen LogP contribution in [0.3, 0.4) is 0 Å². The molecule has 7 heavy (non-hydrogen) atoms. The number of hydrogen-bond donors (Lipinski definition) is 2. The number of nitrogens with one attached hydrogen (secondary N) is 2. The molecule has 2 N–H and O–H groups in total. The Morgan fingerprint density at radius 1 is 1.00 bits per heavy atom. The van der Waals surface area contributed by atoms with Gasteiger partial charge in [0, 0.05) is 0 Å². The largest absolute Gasteiger partial charge is 0.242 e. The van der Waals surface area contributed by atoms with Crippen LogP contribution in [0.2, 0.25) is 0 Å². The van der Waals surface area contributed by atoms with E-state index in [-0.39, 0.29) is 12.4 Å². The molecule has 0 atom stereocenters. The van der Waals surface area contributed by atoms with E-state index < -0.39 is 0 Å². The van der Waals surface area contributed by atoms with Gasteiger partial charge in [0.15, 0.2) is 0 Å². The van der Waals surface area contributed by atoms with Gasteiger partial charge in [0.05, 0.1) is 6.01 Å². The van der Waals surface area contributed by atoms with Crippen molar-refractivity contribution in [2.24, 2.45) is 0 Å². The van der Waals surface area contributed by atoms with Crippen molar-refractivity contribution < 1.29 is 0 Å². The molecule has 0 aromatic carbocycles. The quantitative estimate of drug-likeness (QED) is 0.459. The topological polar surface area (TPSA) is 47.7 Å². The Labute approximate surface area is 49.4 Å². The van der Waals surface area contributed by atoms with Gasteiger partial charge in [-0.05, 0) is 0 Å².